The van der Waals surface area contributed by atoms with Crippen LogP contribution in [0.15, 0.2) is 36.7 Å². The molecule has 0 unspecified atom stereocenters. The van der Waals surface area contributed by atoms with Crippen molar-refractivity contribution in [3.05, 3.63) is 53.3 Å². The van der Waals surface area contributed by atoms with Gasteiger partial charge in [-0.25, -0.2) is 14.4 Å². The average Bonchev–Trinajstić information content (AvgIpc) is 3.06. The molecule has 2 aromatic rings. The summed E-state index contributed by atoms with van der Waals surface area (Å²) in [5, 5.41) is 0.0263. The lowest BCUT2D eigenvalue weighted by atomic mass is 9.89. The third-order valence-corrected chi connectivity index (χ3v) is 5.24. The molecule has 2 aliphatic rings. The molecule has 3 heterocycles. The summed E-state index contributed by atoms with van der Waals surface area (Å²) in [5.74, 6) is 0.0375. The van der Waals surface area contributed by atoms with E-state index in [1.807, 2.05) is 0 Å². The smallest absolute Gasteiger partial charge is 0.291 e. The Hall–Kier alpha value is -2.25. The second kappa shape index (κ2) is 7.40. The lowest BCUT2D eigenvalue weighted by Gasteiger charge is -2.39. The summed E-state index contributed by atoms with van der Waals surface area (Å²) < 4.78 is 25.3. The Morgan fingerprint density at radius 2 is 2.19 bits per heavy atom. The molecule has 2 atom stereocenters. The lowest BCUT2D eigenvalue weighted by molar-refractivity contribution is -0.0455. The maximum absolute atomic E-state index is 13.3. The summed E-state index contributed by atoms with van der Waals surface area (Å²) in [6.45, 7) is 1.55. The first-order chi connectivity index (χ1) is 13.0. The van der Waals surface area contributed by atoms with Gasteiger partial charge in [0.1, 0.15) is 17.7 Å². The van der Waals surface area contributed by atoms with Gasteiger partial charge in [-0.3, -0.25) is 4.79 Å². The molecule has 1 spiro atoms. The first-order valence-corrected chi connectivity index (χ1v) is 9.24. The first kappa shape index (κ1) is 18.1. The van der Waals surface area contributed by atoms with E-state index >= 15 is 0 Å². The molecule has 0 bridgehead atoms. The zero-order chi connectivity index (χ0) is 18.9. The summed E-state index contributed by atoms with van der Waals surface area (Å²) in [6, 6.07) is 5.98. The van der Waals surface area contributed by atoms with Crippen molar-refractivity contribution in [2.75, 3.05) is 19.7 Å². The van der Waals surface area contributed by atoms with Crippen LogP contribution in [0.2, 0.25) is 5.02 Å². The number of nitrogens with zero attached hydrogens (tertiary/aromatic N) is 3. The van der Waals surface area contributed by atoms with E-state index in [1.165, 1.54) is 12.1 Å². The molecule has 142 valence electrons. The number of amides is 1. The van der Waals surface area contributed by atoms with E-state index in [1.54, 1.807) is 29.4 Å². The van der Waals surface area contributed by atoms with Crippen molar-refractivity contribution in [1.29, 1.82) is 0 Å². The van der Waals surface area contributed by atoms with Crippen LogP contribution >= 0.6 is 11.6 Å². The molecule has 2 aliphatic heterocycles. The Bertz CT molecular complexity index is 838. The van der Waals surface area contributed by atoms with E-state index in [-0.39, 0.29) is 22.9 Å². The lowest BCUT2D eigenvalue weighted by Crippen LogP contribution is -2.50. The highest BCUT2D eigenvalue weighted by Crippen LogP contribution is 2.37. The van der Waals surface area contributed by atoms with Gasteiger partial charge in [0.15, 0.2) is 0 Å². The topological polar surface area (TPSA) is 64.6 Å². The molecule has 0 aliphatic carbocycles. The number of benzene rings is 1. The number of hydrogen-bond donors (Lipinski definition) is 0. The van der Waals surface area contributed by atoms with Gasteiger partial charge < -0.3 is 14.4 Å². The number of rotatable bonds is 3. The fraction of sp³-hybridized carbons (Fsp3) is 0.421. The van der Waals surface area contributed by atoms with Crippen molar-refractivity contribution in [2.24, 2.45) is 0 Å². The van der Waals surface area contributed by atoms with E-state index in [2.05, 4.69) is 9.97 Å². The van der Waals surface area contributed by atoms with Crippen LogP contribution in [0.5, 0.6) is 5.75 Å². The molecular weight excluding hydrogens is 373 g/mol. The first-order valence-electron chi connectivity index (χ1n) is 8.87. The van der Waals surface area contributed by atoms with Crippen molar-refractivity contribution in [3.63, 3.8) is 0 Å². The third kappa shape index (κ3) is 3.89. The number of likely N-dealkylation sites (tertiary alicyclic amines) is 1. The van der Waals surface area contributed by atoms with Gasteiger partial charge in [-0.05, 0) is 31.0 Å². The SMILES string of the molecule is O=C(c1ncccn1)N1CCC[C@]2(C[C@@H](Oc3ccc(F)c(Cl)c3)CO2)C1. The minimum absolute atomic E-state index is 0.0263. The second-order valence-electron chi connectivity index (χ2n) is 6.92. The van der Waals surface area contributed by atoms with Gasteiger partial charge in [0.05, 0.1) is 23.8 Å². The van der Waals surface area contributed by atoms with Crippen LogP contribution in [0, 0.1) is 5.82 Å². The number of aromatic nitrogens is 2. The largest absolute Gasteiger partial charge is 0.488 e. The number of ether oxygens (including phenoxy) is 2. The highest BCUT2D eigenvalue weighted by Gasteiger charge is 2.45. The summed E-state index contributed by atoms with van der Waals surface area (Å²) in [6.07, 6.45) is 5.30. The fourth-order valence-electron chi connectivity index (χ4n) is 3.73. The molecule has 8 heteroatoms. The average molecular weight is 392 g/mol. The molecule has 2 fully saturated rings. The molecule has 4 rings (SSSR count). The van der Waals surface area contributed by atoms with Crippen LogP contribution < -0.4 is 4.74 Å². The molecule has 0 radical (unpaired) electrons. The van der Waals surface area contributed by atoms with Crippen molar-refractivity contribution in [3.8, 4) is 5.75 Å². The normalized spacial score (nSPS) is 25.0. The van der Waals surface area contributed by atoms with Crippen LogP contribution in [0.4, 0.5) is 4.39 Å². The molecule has 1 aromatic carbocycles. The van der Waals surface area contributed by atoms with Crippen LogP contribution in [0.25, 0.3) is 0 Å². The predicted molar refractivity (Wildman–Crippen MR) is 96.3 cm³/mol. The maximum atomic E-state index is 13.3. The van der Waals surface area contributed by atoms with Gasteiger partial charge in [0.25, 0.3) is 5.91 Å². The van der Waals surface area contributed by atoms with Crippen molar-refractivity contribution in [1.82, 2.24) is 14.9 Å². The highest BCUT2D eigenvalue weighted by molar-refractivity contribution is 6.30. The van der Waals surface area contributed by atoms with Gasteiger partial charge >= 0.3 is 0 Å². The van der Waals surface area contributed by atoms with Crippen molar-refractivity contribution in [2.45, 2.75) is 31.0 Å². The Labute approximate surface area is 161 Å². The molecule has 2 saturated heterocycles. The molecule has 1 amide bonds. The minimum Gasteiger partial charge on any atom is -0.488 e. The predicted octanol–water partition coefficient (Wildman–Crippen LogP) is 3.11. The van der Waals surface area contributed by atoms with Gasteiger partial charge in [0, 0.05) is 31.4 Å². The zero-order valence-electron chi connectivity index (χ0n) is 14.6. The summed E-state index contributed by atoms with van der Waals surface area (Å²) >= 11 is 5.81. The molecule has 0 N–H and O–H groups in total. The molecule has 1 aromatic heterocycles. The number of halogens is 2. The van der Waals surface area contributed by atoms with Crippen LogP contribution in [0.3, 0.4) is 0 Å². The van der Waals surface area contributed by atoms with Crippen LogP contribution in [-0.4, -0.2) is 52.2 Å². The third-order valence-electron chi connectivity index (χ3n) is 4.95. The summed E-state index contributed by atoms with van der Waals surface area (Å²) in [7, 11) is 0. The Morgan fingerprint density at radius 3 is 2.96 bits per heavy atom. The Morgan fingerprint density at radius 1 is 1.37 bits per heavy atom. The molecule has 27 heavy (non-hydrogen) atoms. The van der Waals surface area contributed by atoms with E-state index < -0.39 is 11.4 Å². The van der Waals surface area contributed by atoms with Gasteiger partial charge in [-0.15, -0.1) is 0 Å². The molecule has 0 saturated carbocycles. The maximum Gasteiger partial charge on any atom is 0.291 e. The molecular formula is C19H19ClFN3O3. The Balaban J connectivity index is 1.41. The monoisotopic (exact) mass is 391 g/mol. The van der Waals surface area contributed by atoms with Gasteiger partial charge in [-0.1, -0.05) is 11.6 Å². The van der Waals surface area contributed by atoms with Crippen LogP contribution in [-0.2, 0) is 4.74 Å². The van der Waals surface area contributed by atoms with E-state index in [0.717, 1.165) is 12.8 Å². The standard InChI is InChI=1S/C19H19ClFN3O3/c20-15-9-13(3-4-16(15)21)27-14-10-19(26-11-14)5-1-8-24(12-19)18(25)17-22-6-2-7-23-17/h2-4,6-7,9,14H,1,5,8,10-12H2/t14-,19+/m1/s1. The molecule has 6 nitrogen and oxygen atoms in total. The summed E-state index contributed by atoms with van der Waals surface area (Å²) in [5.41, 5.74) is -0.433. The number of carbonyl (C=O) groups is 1. The highest BCUT2D eigenvalue weighted by atomic mass is 35.5. The zero-order valence-corrected chi connectivity index (χ0v) is 15.4. The second-order valence-corrected chi connectivity index (χ2v) is 7.32. The number of piperidine rings is 1. The fourth-order valence-corrected chi connectivity index (χ4v) is 3.90. The van der Waals surface area contributed by atoms with Crippen molar-refractivity contribution >= 4 is 17.5 Å². The van der Waals surface area contributed by atoms with E-state index in [0.29, 0.717) is 31.9 Å². The van der Waals surface area contributed by atoms with Crippen molar-refractivity contribution < 1.29 is 18.7 Å². The quantitative estimate of drug-likeness (QED) is 0.804. The van der Waals surface area contributed by atoms with Crippen LogP contribution in [0.1, 0.15) is 29.9 Å². The van der Waals surface area contributed by atoms with Gasteiger partial charge in [0.2, 0.25) is 5.82 Å². The van der Waals surface area contributed by atoms with Gasteiger partial charge in [-0.2, -0.15) is 0 Å². The minimum atomic E-state index is -0.479. The van der Waals surface area contributed by atoms with E-state index in [9.17, 15) is 9.18 Å². The Kier molecular flexibility index (Phi) is 4.97. The summed E-state index contributed by atoms with van der Waals surface area (Å²) in [4.78, 5) is 22.5. The number of hydrogen-bond acceptors (Lipinski definition) is 5. The van der Waals surface area contributed by atoms with E-state index in [4.69, 9.17) is 21.1 Å². The number of carbonyl (C=O) groups excluding carboxylic acids is 1.